The second-order valence-corrected chi connectivity index (χ2v) is 7.22. The lowest BCUT2D eigenvalue weighted by molar-refractivity contribution is 0.208. The van der Waals surface area contributed by atoms with Crippen molar-refractivity contribution in [1.82, 2.24) is 5.32 Å². The molecule has 0 aliphatic heterocycles. The molecule has 2 bridgehead atoms. The molecule has 3 saturated carbocycles. The van der Waals surface area contributed by atoms with Crippen molar-refractivity contribution in [1.29, 1.82) is 0 Å². The van der Waals surface area contributed by atoms with E-state index >= 15 is 0 Å². The van der Waals surface area contributed by atoms with E-state index in [1.54, 1.807) is 0 Å². The zero-order valence-electron chi connectivity index (χ0n) is 13.1. The van der Waals surface area contributed by atoms with E-state index in [0.717, 1.165) is 48.6 Å². The molecule has 0 aromatic heterocycles. The molecule has 3 aliphatic carbocycles. The summed E-state index contributed by atoms with van der Waals surface area (Å²) in [6.07, 6.45) is 7.47. The molecule has 0 amide bonds. The van der Waals surface area contributed by atoms with Gasteiger partial charge in [0, 0.05) is 12.6 Å². The second kappa shape index (κ2) is 5.64. The van der Waals surface area contributed by atoms with Gasteiger partial charge in [-0.1, -0.05) is 18.6 Å². The first-order chi connectivity index (χ1) is 10.3. The van der Waals surface area contributed by atoms with Gasteiger partial charge in [0.2, 0.25) is 0 Å². The van der Waals surface area contributed by atoms with Crippen molar-refractivity contribution in [3.63, 3.8) is 0 Å². The maximum Gasteiger partial charge on any atom is 0.119 e. The highest BCUT2D eigenvalue weighted by molar-refractivity contribution is 5.27. The summed E-state index contributed by atoms with van der Waals surface area (Å²) in [5, 5.41) is 3.85. The predicted molar refractivity (Wildman–Crippen MR) is 85.3 cm³/mol. The number of hydrogen-bond donors (Lipinski definition) is 1. The Morgan fingerprint density at radius 3 is 2.67 bits per heavy atom. The fraction of sp³-hybridized carbons (Fsp3) is 0.684. The number of ether oxygens (including phenoxy) is 1. The lowest BCUT2D eigenvalue weighted by Gasteiger charge is -2.32. The number of fused-ring (bicyclic) bond motifs is 5. The van der Waals surface area contributed by atoms with Crippen molar-refractivity contribution in [2.24, 2.45) is 23.7 Å². The Hall–Kier alpha value is -1.02. The lowest BCUT2D eigenvalue weighted by Crippen LogP contribution is -2.38. The first-order valence-corrected chi connectivity index (χ1v) is 8.80. The van der Waals surface area contributed by atoms with Gasteiger partial charge >= 0.3 is 0 Å². The van der Waals surface area contributed by atoms with Crippen LogP contribution in [0.5, 0.6) is 5.75 Å². The molecule has 1 N–H and O–H groups in total. The van der Waals surface area contributed by atoms with Crippen LogP contribution in [-0.2, 0) is 6.54 Å². The number of hydrogen-bond acceptors (Lipinski definition) is 2. The summed E-state index contributed by atoms with van der Waals surface area (Å²) in [7, 11) is 0. The molecule has 5 unspecified atom stereocenters. The fourth-order valence-corrected chi connectivity index (χ4v) is 5.42. The van der Waals surface area contributed by atoms with E-state index in [9.17, 15) is 0 Å². The molecule has 0 spiro atoms. The van der Waals surface area contributed by atoms with Crippen molar-refractivity contribution < 1.29 is 4.74 Å². The zero-order chi connectivity index (χ0) is 14.2. The van der Waals surface area contributed by atoms with Gasteiger partial charge in [-0.25, -0.2) is 0 Å². The van der Waals surface area contributed by atoms with E-state index < -0.39 is 0 Å². The Morgan fingerprint density at radius 1 is 1.05 bits per heavy atom. The maximum atomic E-state index is 5.51. The molecule has 0 heterocycles. The predicted octanol–water partition coefficient (Wildman–Crippen LogP) is 4.00. The molecule has 1 aromatic rings. The molecule has 0 saturated heterocycles. The second-order valence-electron chi connectivity index (χ2n) is 7.22. The van der Waals surface area contributed by atoms with E-state index in [4.69, 9.17) is 4.74 Å². The Labute approximate surface area is 128 Å². The summed E-state index contributed by atoms with van der Waals surface area (Å²) < 4.78 is 5.51. The van der Waals surface area contributed by atoms with Crippen molar-refractivity contribution in [2.45, 2.75) is 51.6 Å². The maximum absolute atomic E-state index is 5.51. The van der Waals surface area contributed by atoms with E-state index in [0.29, 0.717) is 0 Å². The molecule has 0 radical (unpaired) electrons. The summed E-state index contributed by atoms with van der Waals surface area (Å²) in [5.74, 6) is 5.15. The Morgan fingerprint density at radius 2 is 1.86 bits per heavy atom. The third kappa shape index (κ3) is 2.48. The quantitative estimate of drug-likeness (QED) is 0.883. The number of rotatable bonds is 5. The van der Waals surface area contributed by atoms with Crippen LogP contribution in [0.1, 0.15) is 44.6 Å². The van der Waals surface area contributed by atoms with Crippen LogP contribution in [0.4, 0.5) is 0 Å². The Balaban J connectivity index is 1.33. The number of nitrogens with one attached hydrogen (secondary N) is 1. The van der Waals surface area contributed by atoms with Crippen LogP contribution in [0.25, 0.3) is 0 Å². The summed E-state index contributed by atoms with van der Waals surface area (Å²) in [6.45, 7) is 3.78. The van der Waals surface area contributed by atoms with Crippen LogP contribution >= 0.6 is 0 Å². The minimum atomic E-state index is 0.741. The Bertz CT molecular complexity index is 483. The van der Waals surface area contributed by atoms with Crippen molar-refractivity contribution in [3.05, 3.63) is 29.8 Å². The van der Waals surface area contributed by atoms with Crippen molar-refractivity contribution in [2.75, 3.05) is 6.61 Å². The summed E-state index contributed by atoms with van der Waals surface area (Å²) in [4.78, 5) is 0. The minimum Gasteiger partial charge on any atom is -0.494 e. The molecule has 114 valence electrons. The van der Waals surface area contributed by atoms with Crippen LogP contribution in [0.2, 0.25) is 0 Å². The molecule has 3 fully saturated rings. The molecule has 2 heteroatoms. The highest BCUT2D eigenvalue weighted by atomic mass is 16.5. The standard InChI is InChI=1S/C19H27NO/c1-2-21-15-8-6-13(7-9-15)12-20-19-11-14-10-18(19)17-5-3-4-16(14)17/h6-9,14,16-20H,2-5,10-12H2,1H3. The topological polar surface area (TPSA) is 21.3 Å². The number of benzene rings is 1. The zero-order valence-corrected chi connectivity index (χ0v) is 13.1. The monoisotopic (exact) mass is 285 g/mol. The lowest BCUT2D eigenvalue weighted by atomic mass is 9.79. The average Bonchev–Trinajstić information content (AvgIpc) is 3.19. The highest BCUT2D eigenvalue weighted by Gasteiger charge is 2.53. The van der Waals surface area contributed by atoms with Gasteiger partial charge in [0.25, 0.3) is 0 Å². The molecule has 21 heavy (non-hydrogen) atoms. The van der Waals surface area contributed by atoms with Gasteiger partial charge in [-0.15, -0.1) is 0 Å². The van der Waals surface area contributed by atoms with Crippen LogP contribution in [0, 0.1) is 23.7 Å². The smallest absolute Gasteiger partial charge is 0.119 e. The SMILES string of the molecule is CCOc1ccc(CNC2CC3CC2C2CCCC32)cc1. The largest absolute Gasteiger partial charge is 0.494 e. The third-order valence-corrected chi connectivity index (χ3v) is 6.23. The fourth-order valence-electron chi connectivity index (χ4n) is 5.42. The Kier molecular flexibility index (Phi) is 3.66. The minimum absolute atomic E-state index is 0.741. The molecule has 3 aliphatic rings. The molecular weight excluding hydrogens is 258 g/mol. The molecule has 4 rings (SSSR count). The molecule has 2 nitrogen and oxygen atoms in total. The normalized spacial score (nSPS) is 36.9. The third-order valence-electron chi connectivity index (χ3n) is 6.23. The summed E-state index contributed by atoms with van der Waals surface area (Å²) in [6, 6.07) is 9.36. The van der Waals surface area contributed by atoms with Crippen molar-refractivity contribution in [3.8, 4) is 5.75 Å². The molecule has 1 aromatic carbocycles. The van der Waals surface area contributed by atoms with Crippen LogP contribution in [0.15, 0.2) is 24.3 Å². The van der Waals surface area contributed by atoms with Gasteiger partial charge in [0.1, 0.15) is 5.75 Å². The molecular formula is C19H27NO. The van der Waals surface area contributed by atoms with Gasteiger partial charge in [-0.2, -0.15) is 0 Å². The van der Waals surface area contributed by atoms with Crippen molar-refractivity contribution >= 4 is 0 Å². The average molecular weight is 285 g/mol. The van der Waals surface area contributed by atoms with Gasteiger partial charge in [0.15, 0.2) is 0 Å². The van der Waals surface area contributed by atoms with E-state index in [-0.39, 0.29) is 0 Å². The van der Waals surface area contributed by atoms with Gasteiger partial charge in [-0.3, -0.25) is 0 Å². The van der Waals surface area contributed by atoms with Crippen LogP contribution in [-0.4, -0.2) is 12.6 Å². The van der Waals surface area contributed by atoms with E-state index in [1.165, 1.54) is 37.7 Å². The van der Waals surface area contributed by atoms with E-state index in [2.05, 4.69) is 29.6 Å². The highest BCUT2D eigenvalue weighted by Crippen LogP contribution is 2.58. The molecule has 5 atom stereocenters. The van der Waals surface area contributed by atoms with Gasteiger partial charge in [0.05, 0.1) is 6.61 Å². The van der Waals surface area contributed by atoms with Crippen LogP contribution < -0.4 is 10.1 Å². The summed E-state index contributed by atoms with van der Waals surface area (Å²) >= 11 is 0. The summed E-state index contributed by atoms with van der Waals surface area (Å²) in [5.41, 5.74) is 1.38. The van der Waals surface area contributed by atoms with E-state index in [1.807, 2.05) is 6.92 Å². The first kappa shape index (κ1) is 13.6. The first-order valence-electron chi connectivity index (χ1n) is 8.80. The van der Waals surface area contributed by atoms with Gasteiger partial charge < -0.3 is 10.1 Å². The van der Waals surface area contributed by atoms with Crippen LogP contribution in [0.3, 0.4) is 0 Å². The van der Waals surface area contributed by atoms with Gasteiger partial charge in [-0.05, 0) is 74.0 Å².